The van der Waals surface area contributed by atoms with E-state index in [1.807, 2.05) is 36.5 Å². The molecule has 2 aromatic heterocycles. The Morgan fingerprint density at radius 1 is 1.17 bits per heavy atom. The Bertz CT molecular complexity index is 806. The van der Waals surface area contributed by atoms with E-state index in [2.05, 4.69) is 39.4 Å². The summed E-state index contributed by atoms with van der Waals surface area (Å²) in [5.74, 6) is 1.14. The fourth-order valence-electron chi connectivity index (χ4n) is 2.28. The zero-order chi connectivity index (χ0) is 16.8. The van der Waals surface area contributed by atoms with Crippen molar-refractivity contribution in [1.29, 1.82) is 0 Å². The molecule has 3 N–H and O–H groups in total. The molecular weight excluding hydrogens is 300 g/mol. The number of pyridine rings is 1. The number of nitrogens with one attached hydrogen (secondary N) is 1. The molecule has 0 saturated carbocycles. The van der Waals surface area contributed by atoms with Crippen molar-refractivity contribution in [2.75, 3.05) is 5.32 Å². The number of rotatable bonds is 5. The molecule has 0 bridgehead atoms. The van der Waals surface area contributed by atoms with Crippen LogP contribution in [-0.2, 0) is 13.0 Å². The molecule has 3 rings (SSSR count). The molecule has 6 heteroatoms. The summed E-state index contributed by atoms with van der Waals surface area (Å²) in [6, 6.07) is 13.9. The van der Waals surface area contributed by atoms with Crippen LogP contribution in [0.4, 0.5) is 5.69 Å². The maximum atomic E-state index is 5.96. The number of aliphatic imine (C=N–C) groups is 1. The molecule has 3 aromatic rings. The predicted molar refractivity (Wildman–Crippen MR) is 96.1 cm³/mol. The number of hydrogen-bond donors (Lipinski definition) is 2. The fraction of sp³-hybridized carbons (Fsp3) is 0.167. The van der Waals surface area contributed by atoms with Gasteiger partial charge in [0.05, 0.1) is 6.54 Å². The molecule has 0 fully saturated rings. The molecule has 0 saturated heterocycles. The molecule has 122 valence electrons. The zero-order valence-corrected chi connectivity index (χ0v) is 13.6. The number of aromatic nitrogens is 3. The van der Waals surface area contributed by atoms with Gasteiger partial charge in [0, 0.05) is 24.3 Å². The first-order chi connectivity index (χ1) is 11.7. The quantitative estimate of drug-likeness (QED) is 0.559. The molecule has 6 nitrogen and oxygen atoms in total. The van der Waals surface area contributed by atoms with E-state index in [0.29, 0.717) is 12.5 Å². The van der Waals surface area contributed by atoms with Crippen LogP contribution in [0, 0.1) is 0 Å². The second-order valence-corrected chi connectivity index (χ2v) is 5.35. The van der Waals surface area contributed by atoms with Crippen molar-refractivity contribution < 1.29 is 0 Å². The highest BCUT2D eigenvalue weighted by Crippen LogP contribution is 2.10. The average molecular weight is 320 g/mol. The third-order valence-electron chi connectivity index (χ3n) is 3.62. The van der Waals surface area contributed by atoms with E-state index in [-0.39, 0.29) is 0 Å². The largest absolute Gasteiger partial charge is 0.370 e. The van der Waals surface area contributed by atoms with Crippen LogP contribution in [0.25, 0.3) is 5.82 Å². The lowest BCUT2D eigenvalue weighted by atomic mass is 10.1. The molecule has 1 aromatic carbocycles. The summed E-state index contributed by atoms with van der Waals surface area (Å²) in [6.45, 7) is 2.60. The number of hydrogen-bond acceptors (Lipinski definition) is 3. The van der Waals surface area contributed by atoms with E-state index >= 15 is 0 Å². The van der Waals surface area contributed by atoms with Gasteiger partial charge in [-0.25, -0.2) is 14.7 Å². The van der Waals surface area contributed by atoms with Crippen LogP contribution in [0.3, 0.4) is 0 Å². The van der Waals surface area contributed by atoms with Gasteiger partial charge in [0.1, 0.15) is 0 Å². The van der Waals surface area contributed by atoms with Crippen LogP contribution in [0.2, 0.25) is 0 Å². The van der Waals surface area contributed by atoms with Gasteiger partial charge in [-0.15, -0.1) is 0 Å². The van der Waals surface area contributed by atoms with Gasteiger partial charge in [0.25, 0.3) is 0 Å². The molecule has 0 spiro atoms. The van der Waals surface area contributed by atoms with Gasteiger partial charge in [-0.2, -0.15) is 5.10 Å². The highest BCUT2D eigenvalue weighted by Gasteiger charge is 2.00. The second kappa shape index (κ2) is 7.41. The summed E-state index contributed by atoms with van der Waals surface area (Å²) in [5, 5.41) is 7.27. The Morgan fingerprint density at radius 3 is 2.71 bits per heavy atom. The molecular formula is C18H20N6. The molecule has 0 unspecified atom stereocenters. The summed E-state index contributed by atoms with van der Waals surface area (Å²) in [5.41, 5.74) is 9.20. The van der Waals surface area contributed by atoms with Gasteiger partial charge in [-0.3, -0.25) is 0 Å². The highest BCUT2D eigenvalue weighted by atomic mass is 15.3. The van der Waals surface area contributed by atoms with E-state index in [1.165, 1.54) is 5.56 Å². The van der Waals surface area contributed by atoms with Crippen LogP contribution < -0.4 is 11.1 Å². The highest BCUT2D eigenvalue weighted by molar-refractivity contribution is 5.92. The summed E-state index contributed by atoms with van der Waals surface area (Å²) in [4.78, 5) is 8.68. The van der Waals surface area contributed by atoms with Crippen LogP contribution in [-0.4, -0.2) is 20.7 Å². The normalized spacial score (nSPS) is 11.5. The Kier molecular flexibility index (Phi) is 4.86. The van der Waals surface area contributed by atoms with Crippen molar-refractivity contribution >= 4 is 11.6 Å². The summed E-state index contributed by atoms with van der Waals surface area (Å²) in [6.07, 6.45) is 6.34. The summed E-state index contributed by atoms with van der Waals surface area (Å²) < 4.78 is 1.71. The first kappa shape index (κ1) is 15.7. The second-order valence-electron chi connectivity index (χ2n) is 5.35. The van der Waals surface area contributed by atoms with Crippen LogP contribution in [0.5, 0.6) is 0 Å². The number of nitrogens with two attached hydrogens (primary N) is 1. The monoisotopic (exact) mass is 320 g/mol. The van der Waals surface area contributed by atoms with Crippen molar-refractivity contribution in [3.8, 4) is 5.82 Å². The Labute approximate surface area is 141 Å². The third-order valence-corrected chi connectivity index (χ3v) is 3.62. The van der Waals surface area contributed by atoms with Gasteiger partial charge < -0.3 is 11.1 Å². The van der Waals surface area contributed by atoms with Crippen molar-refractivity contribution in [2.45, 2.75) is 19.9 Å². The Hall–Kier alpha value is -3.15. The summed E-state index contributed by atoms with van der Waals surface area (Å²) in [7, 11) is 0. The minimum absolute atomic E-state index is 0.386. The maximum absolute atomic E-state index is 5.96. The standard InChI is InChI=1S/C18H20N6/c1-2-14-4-6-16(7-5-14)23-18(19)21-13-15-8-10-20-17(12-15)24-11-3-9-22-24/h3-12H,2,13H2,1H3,(H3,19,21,23). The topological polar surface area (TPSA) is 81.1 Å². The molecule has 2 heterocycles. The molecule has 0 aliphatic rings. The molecule has 0 aliphatic heterocycles. The molecule has 0 radical (unpaired) electrons. The Morgan fingerprint density at radius 2 is 2.00 bits per heavy atom. The van der Waals surface area contributed by atoms with E-state index < -0.39 is 0 Å². The van der Waals surface area contributed by atoms with Crippen molar-refractivity contribution in [2.24, 2.45) is 10.7 Å². The van der Waals surface area contributed by atoms with Crippen molar-refractivity contribution in [1.82, 2.24) is 14.8 Å². The lowest BCUT2D eigenvalue weighted by Crippen LogP contribution is -2.22. The van der Waals surface area contributed by atoms with Crippen LogP contribution in [0.15, 0.2) is 66.0 Å². The average Bonchev–Trinajstić information content (AvgIpc) is 3.16. The Balaban J connectivity index is 1.65. The van der Waals surface area contributed by atoms with Gasteiger partial charge in [-0.1, -0.05) is 19.1 Å². The molecule has 0 aliphatic carbocycles. The number of aryl methyl sites for hydroxylation is 1. The predicted octanol–water partition coefficient (Wildman–Crippen LogP) is 2.76. The van der Waals surface area contributed by atoms with E-state index in [4.69, 9.17) is 5.73 Å². The van der Waals surface area contributed by atoms with Crippen LogP contribution >= 0.6 is 0 Å². The number of nitrogens with zero attached hydrogens (tertiary/aromatic N) is 4. The minimum Gasteiger partial charge on any atom is -0.370 e. The number of guanidine groups is 1. The zero-order valence-electron chi connectivity index (χ0n) is 13.6. The lowest BCUT2D eigenvalue weighted by molar-refractivity contribution is 0.841. The molecule has 0 atom stereocenters. The van der Waals surface area contributed by atoms with Gasteiger partial charge in [-0.05, 0) is 47.9 Å². The van der Waals surface area contributed by atoms with Crippen molar-refractivity contribution in [3.63, 3.8) is 0 Å². The van der Waals surface area contributed by atoms with E-state index in [0.717, 1.165) is 23.5 Å². The fourth-order valence-corrected chi connectivity index (χ4v) is 2.28. The van der Waals surface area contributed by atoms with Crippen molar-refractivity contribution in [3.05, 3.63) is 72.2 Å². The lowest BCUT2D eigenvalue weighted by Gasteiger charge is -2.07. The van der Waals surface area contributed by atoms with E-state index in [1.54, 1.807) is 17.1 Å². The van der Waals surface area contributed by atoms with E-state index in [9.17, 15) is 0 Å². The molecule has 0 amide bonds. The third kappa shape index (κ3) is 3.98. The number of anilines is 1. The van der Waals surface area contributed by atoms with Gasteiger partial charge in [0.2, 0.25) is 0 Å². The minimum atomic E-state index is 0.386. The summed E-state index contributed by atoms with van der Waals surface area (Å²) >= 11 is 0. The van der Waals surface area contributed by atoms with Gasteiger partial charge in [0.15, 0.2) is 11.8 Å². The maximum Gasteiger partial charge on any atom is 0.193 e. The van der Waals surface area contributed by atoms with Gasteiger partial charge >= 0.3 is 0 Å². The smallest absolute Gasteiger partial charge is 0.193 e. The van der Waals surface area contributed by atoms with Crippen LogP contribution in [0.1, 0.15) is 18.1 Å². The SMILES string of the molecule is CCc1ccc(NC(N)=NCc2ccnc(-n3cccn3)c2)cc1. The first-order valence-electron chi connectivity index (χ1n) is 7.85. The molecule has 24 heavy (non-hydrogen) atoms. The number of benzene rings is 1. The first-order valence-corrected chi connectivity index (χ1v) is 7.85.